The van der Waals surface area contributed by atoms with Crippen LogP contribution in [0.4, 0.5) is 0 Å². The first-order valence-electron chi connectivity index (χ1n) is 5.79. The summed E-state index contributed by atoms with van der Waals surface area (Å²) in [5, 5.41) is 3.52. The summed E-state index contributed by atoms with van der Waals surface area (Å²) in [7, 11) is 0. The summed E-state index contributed by atoms with van der Waals surface area (Å²) in [6, 6.07) is 6.92. The van der Waals surface area contributed by atoms with Crippen LogP contribution in [0.15, 0.2) is 35.3 Å². The van der Waals surface area contributed by atoms with E-state index in [0.717, 1.165) is 19.4 Å². The summed E-state index contributed by atoms with van der Waals surface area (Å²) in [5.74, 6) is 0. The van der Waals surface area contributed by atoms with E-state index in [1.54, 1.807) is 0 Å². The average molecular weight is 282 g/mol. The number of aryl methyl sites for hydroxylation is 1. The van der Waals surface area contributed by atoms with Crippen LogP contribution >= 0.6 is 15.9 Å². The molecule has 0 aliphatic rings. The summed E-state index contributed by atoms with van der Waals surface area (Å²) in [5.41, 5.74) is 2.66. The highest BCUT2D eigenvalue weighted by Gasteiger charge is 2.12. The fraction of sp³-hybridized carbons (Fsp3) is 0.429. The number of halogens is 1. The second-order valence-electron chi connectivity index (χ2n) is 4.00. The molecule has 0 saturated heterocycles. The Hall–Kier alpha value is -0.600. The maximum atomic E-state index is 3.79. The molecular weight excluding hydrogens is 262 g/mol. The van der Waals surface area contributed by atoms with Gasteiger partial charge in [-0.1, -0.05) is 46.6 Å². The summed E-state index contributed by atoms with van der Waals surface area (Å²) in [4.78, 5) is 0. The Balaban J connectivity index is 2.89. The third kappa shape index (κ3) is 3.76. The SMILES string of the molecule is C=CCCC(NCC)c1cc(C)ccc1Br. The van der Waals surface area contributed by atoms with Gasteiger partial charge in [0.2, 0.25) is 0 Å². The van der Waals surface area contributed by atoms with Gasteiger partial charge in [0.05, 0.1) is 0 Å². The molecule has 0 heterocycles. The predicted octanol–water partition coefficient (Wildman–Crippen LogP) is 4.37. The Kier molecular flexibility index (Phi) is 5.78. The molecule has 0 bridgehead atoms. The average Bonchev–Trinajstić information content (AvgIpc) is 2.28. The molecule has 0 aromatic heterocycles. The Morgan fingerprint density at radius 3 is 2.88 bits per heavy atom. The number of hydrogen-bond donors (Lipinski definition) is 1. The Morgan fingerprint density at radius 1 is 1.50 bits per heavy atom. The van der Waals surface area contributed by atoms with Gasteiger partial charge in [-0.25, -0.2) is 0 Å². The highest BCUT2D eigenvalue weighted by molar-refractivity contribution is 9.10. The van der Waals surface area contributed by atoms with Crippen molar-refractivity contribution in [2.75, 3.05) is 6.54 Å². The largest absolute Gasteiger partial charge is 0.310 e. The molecule has 1 aromatic carbocycles. The van der Waals surface area contributed by atoms with Gasteiger partial charge >= 0.3 is 0 Å². The zero-order chi connectivity index (χ0) is 12.0. The fourth-order valence-electron chi connectivity index (χ4n) is 1.83. The van der Waals surface area contributed by atoms with Crippen molar-refractivity contribution in [1.82, 2.24) is 5.32 Å². The molecular formula is C14H20BrN. The molecule has 1 N–H and O–H groups in total. The van der Waals surface area contributed by atoms with Gasteiger partial charge in [0.1, 0.15) is 0 Å². The summed E-state index contributed by atoms with van der Waals surface area (Å²) in [6.45, 7) is 9.05. The number of allylic oxidation sites excluding steroid dienone is 1. The quantitative estimate of drug-likeness (QED) is 0.764. The third-order valence-corrected chi connectivity index (χ3v) is 3.36. The Morgan fingerprint density at radius 2 is 2.25 bits per heavy atom. The molecule has 0 radical (unpaired) electrons. The smallest absolute Gasteiger partial charge is 0.0334 e. The molecule has 0 aliphatic heterocycles. The molecule has 2 heteroatoms. The van der Waals surface area contributed by atoms with Crippen molar-refractivity contribution in [2.45, 2.75) is 32.7 Å². The molecule has 1 unspecified atom stereocenters. The van der Waals surface area contributed by atoms with E-state index in [0.29, 0.717) is 6.04 Å². The van der Waals surface area contributed by atoms with E-state index in [1.807, 2.05) is 6.08 Å². The number of rotatable bonds is 6. The third-order valence-electron chi connectivity index (χ3n) is 2.64. The first kappa shape index (κ1) is 13.5. The lowest BCUT2D eigenvalue weighted by atomic mass is 10.00. The van der Waals surface area contributed by atoms with Gasteiger partial charge in [0.25, 0.3) is 0 Å². The standard InChI is InChI=1S/C14H20BrN/c1-4-6-7-14(16-5-2)12-10-11(3)8-9-13(12)15/h4,8-10,14,16H,1,5-7H2,2-3H3. The molecule has 0 aliphatic carbocycles. The minimum atomic E-state index is 0.414. The second kappa shape index (κ2) is 6.87. The first-order chi connectivity index (χ1) is 7.69. The Bertz CT molecular complexity index is 347. The van der Waals surface area contributed by atoms with Crippen LogP contribution in [-0.2, 0) is 0 Å². The van der Waals surface area contributed by atoms with Crippen molar-refractivity contribution < 1.29 is 0 Å². The van der Waals surface area contributed by atoms with Crippen LogP contribution in [0.25, 0.3) is 0 Å². The van der Waals surface area contributed by atoms with Crippen molar-refractivity contribution in [3.8, 4) is 0 Å². The molecule has 88 valence electrons. The van der Waals surface area contributed by atoms with E-state index in [4.69, 9.17) is 0 Å². The van der Waals surface area contributed by atoms with Crippen LogP contribution < -0.4 is 5.32 Å². The summed E-state index contributed by atoms with van der Waals surface area (Å²) >= 11 is 3.63. The van der Waals surface area contributed by atoms with Gasteiger partial charge in [-0.05, 0) is 37.9 Å². The van der Waals surface area contributed by atoms with Crippen LogP contribution in [-0.4, -0.2) is 6.54 Å². The Labute approximate surface area is 107 Å². The van der Waals surface area contributed by atoms with E-state index in [2.05, 4.69) is 59.9 Å². The number of benzene rings is 1. The second-order valence-corrected chi connectivity index (χ2v) is 4.86. The van der Waals surface area contributed by atoms with E-state index < -0.39 is 0 Å². The van der Waals surface area contributed by atoms with E-state index in [9.17, 15) is 0 Å². The highest BCUT2D eigenvalue weighted by Crippen LogP contribution is 2.27. The van der Waals surface area contributed by atoms with Gasteiger partial charge in [0, 0.05) is 10.5 Å². The topological polar surface area (TPSA) is 12.0 Å². The molecule has 1 aromatic rings. The van der Waals surface area contributed by atoms with Crippen LogP contribution in [0.5, 0.6) is 0 Å². The maximum Gasteiger partial charge on any atom is 0.0334 e. The molecule has 0 fully saturated rings. The lowest BCUT2D eigenvalue weighted by Crippen LogP contribution is -2.21. The summed E-state index contributed by atoms with van der Waals surface area (Å²) < 4.78 is 1.19. The van der Waals surface area contributed by atoms with Gasteiger partial charge in [-0.15, -0.1) is 6.58 Å². The van der Waals surface area contributed by atoms with Gasteiger partial charge in [-0.3, -0.25) is 0 Å². The number of hydrogen-bond acceptors (Lipinski definition) is 1. The first-order valence-corrected chi connectivity index (χ1v) is 6.58. The van der Waals surface area contributed by atoms with Crippen LogP contribution in [0.1, 0.15) is 36.9 Å². The lowest BCUT2D eigenvalue weighted by molar-refractivity contribution is 0.518. The van der Waals surface area contributed by atoms with E-state index in [-0.39, 0.29) is 0 Å². The van der Waals surface area contributed by atoms with Crippen molar-refractivity contribution in [3.63, 3.8) is 0 Å². The highest BCUT2D eigenvalue weighted by atomic mass is 79.9. The molecule has 1 nitrogen and oxygen atoms in total. The zero-order valence-electron chi connectivity index (χ0n) is 10.1. The van der Waals surface area contributed by atoms with Crippen molar-refractivity contribution >= 4 is 15.9 Å². The molecule has 0 spiro atoms. The van der Waals surface area contributed by atoms with Crippen LogP contribution in [0, 0.1) is 6.92 Å². The fourth-order valence-corrected chi connectivity index (χ4v) is 2.35. The zero-order valence-corrected chi connectivity index (χ0v) is 11.7. The molecule has 0 amide bonds. The lowest BCUT2D eigenvalue weighted by Gasteiger charge is -2.19. The summed E-state index contributed by atoms with van der Waals surface area (Å²) in [6.07, 6.45) is 4.12. The normalized spacial score (nSPS) is 12.4. The molecule has 1 atom stereocenters. The van der Waals surface area contributed by atoms with Crippen molar-refractivity contribution in [1.29, 1.82) is 0 Å². The van der Waals surface area contributed by atoms with E-state index >= 15 is 0 Å². The molecule has 16 heavy (non-hydrogen) atoms. The van der Waals surface area contributed by atoms with Crippen molar-refractivity contribution in [2.24, 2.45) is 0 Å². The monoisotopic (exact) mass is 281 g/mol. The minimum absolute atomic E-state index is 0.414. The molecule has 0 saturated carbocycles. The maximum absolute atomic E-state index is 3.79. The van der Waals surface area contributed by atoms with Gasteiger partial charge in [0.15, 0.2) is 0 Å². The van der Waals surface area contributed by atoms with E-state index in [1.165, 1.54) is 15.6 Å². The van der Waals surface area contributed by atoms with Gasteiger partial charge in [-0.2, -0.15) is 0 Å². The number of nitrogens with one attached hydrogen (secondary N) is 1. The van der Waals surface area contributed by atoms with Crippen LogP contribution in [0.3, 0.4) is 0 Å². The minimum Gasteiger partial charge on any atom is -0.310 e. The predicted molar refractivity (Wildman–Crippen MR) is 74.7 cm³/mol. The van der Waals surface area contributed by atoms with Crippen LogP contribution in [0.2, 0.25) is 0 Å². The van der Waals surface area contributed by atoms with Gasteiger partial charge < -0.3 is 5.32 Å². The molecule has 1 rings (SSSR count). The van der Waals surface area contributed by atoms with Crippen molar-refractivity contribution in [3.05, 3.63) is 46.5 Å².